The molecule has 2 N–H and O–H groups in total. The van der Waals surface area contributed by atoms with Crippen molar-refractivity contribution in [3.63, 3.8) is 0 Å². The van der Waals surface area contributed by atoms with Crippen LogP contribution in [0.2, 0.25) is 0 Å². The predicted molar refractivity (Wildman–Crippen MR) is 88.4 cm³/mol. The van der Waals surface area contributed by atoms with Crippen molar-refractivity contribution >= 4 is 5.91 Å². The summed E-state index contributed by atoms with van der Waals surface area (Å²) in [7, 11) is 0. The predicted octanol–water partition coefficient (Wildman–Crippen LogP) is 3.35. The molecule has 1 aliphatic rings. The first-order valence-corrected chi connectivity index (χ1v) is 7.90. The van der Waals surface area contributed by atoms with Crippen LogP contribution in [0.1, 0.15) is 30.0 Å². The lowest BCUT2D eigenvalue weighted by Crippen LogP contribution is -2.33. The van der Waals surface area contributed by atoms with E-state index in [0.717, 1.165) is 18.4 Å². The molecule has 0 radical (unpaired) electrons. The molecule has 0 saturated heterocycles. The molecule has 0 bridgehead atoms. The second-order valence-corrected chi connectivity index (χ2v) is 6.05. The fourth-order valence-corrected chi connectivity index (χ4v) is 2.61. The Hall–Kier alpha value is -2.49. The number of carbonyl (C=O) groups is 1. The van der Waals surface area contributed by atoms with E-state index in [2.05, 4.69) is 36.5 Å². The number of amides is 1. The summed E-state index contributed by atoms with van der Waals surface area (Å²) in [6.07, 6.45) is 2.28. The molecule has 0 aromatic heterocycles. The summed E-state index contributed by atoms with van der Waals surface area (Å²) in [6.45, 7) is 1.95. The van der Waals surface area contributed by atoms with E-state index in [9.17, 15) is 9.90 Å². The fraction of sp³-hybridized carbons (Fsp3) is 0.316. The smallest absolute Gasteiger partial charge is 0.258 e. The third-order valence-electron chi connectivity index (χ3n) is 4.07. The molecule has 0 heterocycles. The number of para-hydroxylation sites is 2. The van der Waals surface area contributed by atoms with Crippen LogP contribution in [-0.4, -0.2) is 17.6 Å². The highest BCUT2D eigenvalue weighted by atomic mass is 16.5. The monoisotopic (exact) mass is 311 g/mol. The van der Waals surface area contributed by atoms with Gasteiger partial charge >= 0.3 is 0 Å². The highest BCUT2D eigenvalue weighted by Crippen LogP contribution is 2.41. The van der Waals surface area contributed by atoms with Crippen LogP contribution in [-0.2, 0) is 4.79 Å². The molecule has 1 aliphatic carbocycles. The molecule has 120 valence electrons. The summed E-state index contributed by atoms with van der Waals surface area (Å²) in [5, 5.41) is 12.7. The Morgan fingerprint density at radius 1 is 1.22 bits per heavy atom. The second-order valence-electron chi connectivity index (χ2n) is 6.05. The molecule has 1 amide bonds. The maximum atomic E-state index is 12.2. The second kappa shape index (κ2) is 6.73. The number of benzene rings is 2. The van der Waals surface area contributed by atoms with Crippen molar-refractivity contribution in [3.8, 4) is 11.5 Å². The number of aryl methyl sites for hydroxylation is 1. The first-order valence-electron chi connectivity index (χ1n) is 7.90. The van der Waals surface area contributed by atoms with Crippen molar-refractivity contribution in [2.75, 3.05) is 6.61 Å². The largest absolute Gasteiger partial charge is 0.504 e. The van der Waals surface area contributed by atoms with Crippen LogP contribution in [0.15, 0.2) is 48.5 Å². The highest BCUT2D eigenvalue weighted by molar-refractivity contribution is 5.78. The first-order chi connectivity index (χ1) is 11.1. The van der Waals surface area contributed by atoms with Crippen molar-refractivity contribution in [2.45, 2.75) is 25.8 Å². The molecular weight excluding hydrogens is 290 g/mol. The molecule has 4 nitrogen and oxygen atoms in total. The van der Waals surface area contributed by atoms with E-state index in [1.165, 1.54) is 11.6 Å². The van der Waals surface area contributed by atoms with Crippen molar-refractivity contribution in [1.82, 2.24) is 5.32 Å². The summed E-state index contributed by atoms with van der Waals surface area (Å²) >= 11 is 0. The molecule has 3 rings (SSSR count). The van der Waals surface area contributed by atoms with E-state index in [1.54, 1.807) is 18.2 Å². The molecule has 23 heavy (non-hydrogen) atoms. The Morgan fingerprint density at radius 2 is 1.91 bits per heavy atom. The van der Waals surface area contributed by atoms with Gasteiger partial charge in [0.05, 0.1) is 6.04 Å². The van der Waals surface area contributed by atoms with Crippen molar-refractivity contribution in [1.29, 1.82) is 0 Å². The molecule has 1 atom stereocenters. The number of hydrogen-bond donors (Lipinski definition) is 2. The zero-order valence-electron chi connectivity index (χ0n) is 13.2. The third-order valence-corrected chi connectivity index (χ3v) is 4.07. The minimum absolute atomic E-state index is 0.0380. The van der Waals surface area contributed by atoms with Crippen molar-refractivity contribution < 1.29 is 14.6 Å². The standard InChI is InChI=1S/C19H21NO3/c1-13-6-8-14(9-7-13)19(15-10-11-15)20-18(22)12-23-17-5-3-2-4-16(17)21/h2-9,15,19,21H,10-12H2,1H3,(H,20,22). The van der Waals surface area contributed by atoms with E-state index < -0.39 is 0 Å². The van der Waals surface area contributed by atoms with Gasteiger partial charge in [-0.25, -0.2) is 0 Å². The van der Waals surface area contributed by atoms with Crippen molar-refractivity contribution in [3.05, 3.63) is 59.7 Å². The molecule has 0 spiro atoms. The molecule has 1 unspecified atom stereocenters. The molecule has 2 aromatic rings. The van der Waals surface area contributed by atoms with E-state index in [1.807, 2.05) is 0 Å². The van der Waals surface area contributed by atoms with Crippen LogP contribution < -0.4 is 10.1 Å². The number of phenols is 1. The summed E-state index contributed by atoms with van der Waals surface area (Å²) in [4.78, 5) is 12.2. The van der Waals surface area contributed by atoms with Crippen LogP contribution in [0, 0.1) is 12.8 Å². The van der Waals surface area contributed by atoms with Gasteiger partial charge in [-0.3, -0.25) is 4.79 Å². The number of rotatable bonds is 6. The van der Waals surface area contributed by atoms with Gasteiger partial charge in [0.1, 0.15) is 0 Å². The minimum atomic E-state index is -0.175. The van der Waals surface area contributed by atoms with E-state index >= 15 is 0 Å². The highest BCUT2D eigenvalue weighted by Gasteiger charge is 2.33. The minimum Gasteiger partial charge on any atom is -0.504 e. The number of hydrogen-bond acceptors (Lipinski definition) is 3. The van der Waals surface area contributed by atoms with Gasteiger partial charge in [-0.2, -0.15) is 0 Å². The lowest BCUT2D eigenvalue weighted by Gasteiger charge is -2.19. The Bertz CT molecular complexity index is 677. The first kappa shape index (κ1) is 15.4. The maximum absolute atomic E-state index is 12.2. The Balaban J connectivity index is 1.61. The molecule has 4 heteroatoms. The normalized spacial score (nSPS) is 15.0. The third kappa shape index (κ3) is 4.03. The lowest BCUT2D eigenvalue weighted by molar-refractivity contribution is -0.124. The average molecular weight is 311 g/mol. The topological polar surface area (TPSA) is 58.6 Å². The number of phenolic OH excluding ortho intramolecular Hbond substituents is 1. The van der Waals surface area contributed by atoms with Gasteiger partial charge < -0.3 is 15.2 Å². The van der Waals surface area contributed by atoms with Crippen LogP contribution in [0.25, 0.3) is 0 Å². The Labute approximate surface area is 136 Å². The van der Waals surface area contributed by atoms with Crippen molar-refractivity contribution in [2.24, 2.45) is 5.92 Å². The van der Waals surface area contributed by atoms with Gasteiger partial charge in [0.2, 0.25) is 0 Å². The average Bonchev–Trinajstić information content (AvgIpc) is 3.38. The van der Waals surface area contributed by atoms with Crippen LogP contribution in [0.3, 0.4) is 0 Å². The molecule has 2 aromatic carbocycles. The number of ether oxygens (including phenoxy) is 1. The van der Waals surface area contributed by atoms with Gasteiger partial charge in [0.15, 0.2) is 18.1 Å². The molecular formula is C19H21NO3. The zero-order chi connectivity index (χ0) is 16.2. The van der Waals surface area contributed by atoms with Gasteiger partial charge in [0, 0.05) is 0 Å². The zero-order valence-corrected chi connectivity index (χ0v) is 13.2. The lowest BCUT2D eigenvalue weighted by atomic mass is 10.0. The number of nitrogens with one attached hydrogen (secondary N) is 1. The van der Waals surface area contributed by atoms with Gasteiger partial charge in [-0.15, -0.1) is 0 Å². The summed E-state index contributed by atoms with van der Waals surface area (Å²) in [5.74, 6) is 0.691. The molecule has 1 fully saturated rings. The summed E-state index contributed by atoms with van der Waals surface area (Å²) < 4.78 is 5.39. The van der Waals surface area contributed by atoms with Crippen LogP contribution in [0.4, 0.5) is 0 Å². The number of aromatic hydroxyl groups is 1. The maximum Gasteiger partial charge on any atom is 0.258 e. The van der Waals surface area contributed by atoms with Gasteiger partial charge in [-0.05, 0) is 43.4 Å². The number of carbonyl (C=O) groups excluding carboxylic acids is 1. The quantitative estimate of drug-likeness (QED) is 0.860. The van der Waals surface area contributed by atoms with E-state index in [0.29, 0.717) is 11.7 Å². The van der Waals surface area contributed by atoms with E-state index in [4.69, 9.17) is 4.74 Å². The summed E-state index contributed by atoms with van der Waals surface area (Å²) in [6, 6.07) is 15.0. The van der Waals surface area contributed by atoms with Crippen LogP contribution >= 0.6 is 0 Å². The Kier molecular flexibility index (Phi) is 4.51. The van der Waals surface area contributed by atoms with Gasteiger partial charge in [-0.1, -0.05) is 42.0 Å². The molecule has 1 saturated carbocycles. The molecule has 0 aliphatic heterocycles. The summed E-state index contributed by atoms with van der Waals surface area (Å²) in [5.41, 5.74) is 2.34. The Morgan fingerprint density at radius 3 is 2.57 bits per heavy atom. The SMILES string of the molecule is Cc1ccc(C(NC(=O)COc2ccccc2O)C2CC2)cc1. The van der Waals surface area contributed by atoms with E-state index in [-0.39, 0.29) is 24.3 Å². The fourth-order valence-electron chi connectivity index (χ4n) is 2.61. The van der Waals surface area contributed by atoms with Gasteiger partial charge in [0.25, 0.3) is 5.91 Å². The van der Waals surface area contributed by atoms with Crippen LogP contribution in [0.5, 0.6) is 11.5 Å².